The Kier molecular flexibility index (Phi) is 2.78. The first kappa shape index (κ1) is 11.0. The maximum absolute atomic E-state index is 11.2. The molecule has 15 heavy (non-hydrogen) atoms. The number of rotatable bonds is 3. The highest BCUT2D eigenvalue weighted by Gasteiger charge is 2.56. The molecule has 0 aromatic carbocycles. The fourth-order valence-electron chi connectivity index (χ4n) is 3.27. The summed E-state index contributed by atoms with van der Waals surface area (Å²) in [7, 11) is 0. The first-order valence-electron chi connectivity index (χ1n) is 6.29. The first-order chi connectivity index (χ1) is 7.06. The third-order valence-corrected chi connectivity index (χ3v) is 4.71. The van der Waals surface area contributed by atoms with Crippen molar-refractivity contribution in [1.29, 1.82) is 0 Å². The summed E-state index contributed by atoms with van der Waals surface area (Å²) in [5, 5.41) is 9.23. The van der Waals surface area contributed by atoms with E-state index in [0.717, 1.165) is 37.5 Å². The van der Waals surface area contributed by atoms with Crippen LogP contribution in [0.25, 0.3) is 0 Å². The molecule has 0 aromatic heterocycles. The van der Waals surface area contributed by atoms with E-state index in [2.05, 4.69) is 13.8 Å². The molecule has 0 bridgehead atoms. The van der Waals surface area contributed by atoms with Crippen molar-refractivity contribution in [3.05, 3.63) is 0 Å². The van der Waals surface area contributed by atoms with Crippen molar-refractivity contribution in [2.45, 2.75) is 52.4 Å². The van der Waals surface area contributed by atoms with Gasteiger partial charge in [-0.2, -0.15) is 0 Å². The second kappa shape index (κ2) is 3.80. The van der Waals surface area contributed by atoms with E-state index in [9.17, 15) is 9.90 Å². The second-order valence-electron chi connectivity index (χ2n) is 5.82. The predicted molar refractivity (Wildman–Crippen MR) is 59.6 cm³/mol. The van der Waals surface area contributed by atoms with Gasteiger partial charge in [-0.15, -0.1) is 0 Å². The molecule has 2 fully saturated rings. The lowest BCUT2D eigenvalue weighted by atomic mass is 9.71. The lowest BCUT2D eigenvalue weighted by Gasteiger charge is -2.34. The zero-order chi connectivity index (χ0) is 11.1. The van der Waals surface area contributed by atoms with E-state index >= 15 is 0 Å². The van der Waals surface area contributed by atoms with Gasteiger partial charge in [0.25, 0.3) is 0 Å². The van der Waals surface area contributed by atoms with Gasteiger partial charge in [0, 0.05) is 0 Å². The molecule has 0 radical (unpaired) electrons. The number of carbonyl (C=O) groups is 1. The number of hydrogen-bond acceptors (Lipinski definition) is 1. The van der Waals surface area contributed by atoms with Gasteiger partial charge in [0.2, 0.25) is 0 Å². The molecule has 0 aromatic rings. The minimum absolute atomic E-state index is 0.290. The standard InChI is InChI=1S/C13H22O2/c1-9(2)10-3-5-11(6-4-10)13(7-8-13)12(14)15/h9-11H,3-8H2,1-2H3,(H,14,15). The van der Waals surface area contributed by atoms with Gasteiger partial charge in [-0.3, -0.25) is 4.79 Å². The zero-order valence-corrected chi connectivity index (χ0v) is 9.83. The Morgan fingerprint density at radius 1 is 1.20 bits per heavy atom. The summed E-state index contributed by atoms with van der Waals surface area (Å²) in [5.74, 6) is 1.55. The van der Waals surface area contributed by atoms with Crippen LogP contribution in [-0.2, 0) is 4.79 Å². The first-order valence-corrected chi connectivity index (χ1v) is 6.29. The molecule has 0 amide bonds. The Labute approximate surface area is 92.1 Å². The summed E-state index contributed by atoms with van der Waals surface area (Å²) in [6.45, 7) is 4.57. The van der Waals surface area contributed by atoms with Gasteiger partial charge in [-0.05, 0) is 56.3 Å². The molecule has 2 aliphatic rings. The van der Waals surface area contributed by atoms with Crippen molar-refractivity contribution in [2.75, 3.05) is 0 Å². The lowest BCUT2D eigenvalue weighted by molar-refractivity contribution is -0.146. The Morgan fingerprint density at radius 2 is 1.73 bits per heavy atom. The average molecular weight is 210 g/mol. The molecule has 2 rings (SSSR count). The van der Waals surface area contributed by atoms with Crippen molar-refractivity contribution < 1.29 is 9.90 Å². The van der Waals surface area contributed by atoms with Gasteiger partial charge in [0.1, 0.15) is 0 Å². The molecule has 1 N–H and O–H groups in total. The molecular formula is C13H22O2. The van der Waals surface area contributed by atoms with Gasteiger partial charge in [-0.25, -0.2) is 0 Å². The van der Waals surface area contributed by atoms with Crippen molar-refractivity contribution >= 4 is 5.97 Å². The van der Waals surface area contributed by atoms with E-state index in [-0.39, 0.29) is 5.41 Å². The highest BCUT2D eigenvalue weighted by atomic mass is 16.4. The summed E-state index contributed by atoms with van der Waals surface area (Å²) in [4.78, 5) is 11.2. The van der Waals surface area contributed by atoms with Gasteiger partial charge in [0.15, 0.2) is 0 Å². The summed E-state index contributed by atoms with van der Waals surface area (Å²) in [5.41, 5.74) is -0.290. The topological polar surface area (TPSA) is 37.3 Å². The molecule has 2 nitrogen and oxygen atoms in total. The van der Waals surface area contributed by atoms with Crippen molar-refractivity contribution in [1.82, 2.24) is 0 Å². The van der Waals surface area contributed by atoms with Crippen LogP contribution in [-0.4, -0.2) is 11.1 Å². The molecule has 0 atom stereocenters. The van der Waals surface area contributed by atoms with Gasteiger partial charge < -0.3 is 5.11 Å². The van der Waals surface area contributed by atoms with Crippen LogP contribution in [0.1, 0.15) is 52.4 Å². The largest absolute Gasteiger partial charge is 0.481 e. The van der Waals surface area contributed by atoms with Crippen LogP contribution < -0.4 is 0 Å². The Morgan fingerprint density at radius 3 is 2.07 bits per heavy atom. The number of carboxylic acid groups (broad SMARTS) is 1. The highest BCUT2D eigenvalue weighted by molar-refractivity contribution is 5.78. The number of carboxylic acids is 1. The van der Waals surface area contributed by atoms with Gasteiger partial charge in [0.05, 0.1) is 5.41 Å². The van der Waals surface area contributed by atoms with Crippen LogP contribution >= 0.6 is 0 Å². The maximum atomic E-state index is 11.2. The molecular weight excluding hydrogens is 188 g/mol. The van der Waals surface area contributed by atoms with E-state index in [0.29, 0.717) is 5.92 Å². The van der Waals surface area contributed by atoms with Crippen LogP contribution in [0.15, 0.2) is 0 Å². The van der Waals surface area contributed by atoms with Crippen molar-refractivity contribution in [2.24, 2.45) is 23.2 Å². The SMILES string of the molecule is CC(C)C1CCC(C2(C(=O)O)CC2)CC1. The van der Waals surface area contributed by atoms with Gasteiger partial charge >= 0.3 is 5.97 Å². The quantitative estimate of drug-likeness (QED) is 0.776. The Balaban J connectivity index is 1.91. The number of aliphatic carboxylic acids is 1. The molecule has 0 aliphatic heterocycles. The molecule has 0 saturated heterocycles. The van der Waals surface area contributed by atoms with E-state index in [1.807, 2.05) is 0 Å². The van der Waals surface area contributed by atoms with Crippen molar-refractivity contribution in [3.8, 4) is 0 Å². The normalized spacial score (nSPS) is 34.1. The summed E-state index contributed by atoms with van der Waals surface area (Å²) in [6.07, 6.45) is 6.65. The van der Waals surface area contributed by atoms with E-state index in [1.165, 1.54) is 12.8 Å². The smallest absolute Gasteiger partial charge is 0.309 e. The molecule has 2 saturated carbocycles. The van der Waals surface area contributed by atoms with E-state index < -0.39 is 5.97 Å². The van der Waals surface area contributed by atoms with E-state index in [1.54, 1.807) is 0 Å². The van der Waals surface area contributed by atoms with Crippen LogP contribution in [0, 0.1) is 23.2 Å². The lowest BCUT2D eigenvalue weighted by Crippen LogP contribution is -2.30. The fourth-order valence-corrected chi connectivity index (χ4v) is 3.27. The van der Waals surface area contributed by atoms with Crippen LogP contribution in [0.3, 0.4) is 0 Å². The van der Waals surface area contributed by atoms with Crippen LogP contribution in [0.5, 0.6) is 0 Å². The maximum Gasteiger partial charge on any atom is 0.309 e. The highest BCUT2D eigenvalue weighted by Crippen LogP contribution is 2.57. The van der Waals surface area contributed by atoms with Crippen LogP contribution in [0.2, 0.25) is 0 Å². The molecule has 2 heteroatoms. The average Bonchev–Trinajstić information content (AvgIpc) is 2.98. The monoisotopic (exact) mass is 210 g/mol. The second-order valence-corrected chi connectivity index (χ2v) is 5.82. The number of hydrogen-bond donors (Lipinski definition) is 1. The zero-order valence-electron chi connectivity index (χ0n) is 9.83. The molecule has 0 spiro atoms. The minimum Gasteiger partial charge on any atom is -0.481 e. The molecule has 2 aliphatic carbocycles. The predicted octanol–water partition coefficient (Wildman–Crippen LogP) is 3.31. The third-order valence-electron chi connectivity index (χ3n) is 4.71. The fraction of sp³-hybridized carbons (Fsp3) is 0.923. The Bertz CT molecular complexity index is 245. The summed E-state index contributed by atoms with van der Waals surface area (Å²) in [6, 6.07) is 0. The van der Waals surface area contributed by atoms with Crippen LogP contribution in [0.4, 0.5) is 0 Å². The summed E-state index contributed by atoms with van der Waals surface area (Å²) < 4.78 is 0. The molecule has 86 valence electrons. The molecule has 0 unspecified atom stereocenters. The van der Waals surface area contributed by atoms with Gasteiger partial charge in [-0.1, -0.05) is 13.8 Å². The minimum atomic E-state index is -0.532. The molecule has 0 heterocycles. The third kappa shape index (κ3) is 1.91. The Hall–Kier alpha value is -0.530. The van der Waals surface area contributed by atoms with E-state index in [4.69, 9.17) is 0 Å². The summed E-state index contributed by atoms with van der Waals surface area (Å²) >= 11 is 0. The van der Waals surface area contributed by atoms with Crippen molar-refractivity contribution in [3.63, 3.8) is 0 Å².